The molecule has 2 aromatic carbocycles. The van der Waals surface area contributed by atoms with Gasteiger partial charge < -0.3 is 35.1 Å². The number of aryl methyl sites for hydroxylation is 1. The Labute approximate surface area is 228 Å². The summed E-state index contributed by atoms with van der Waals surface area (Å²) in [6.45, 7) is 2.25. The molecule has 0 unspecified atom stereocenters. The number of hydrogen-bond acceptors (Lipinski definition) is 7. The van der Waals surface area contributed by atoms with Crippen molar-refractivity contribution in [2.24, 2.45) is 0 Å². The molecule has 0 saturated carbocycles. The number of ether oxygens (including phenoxy) is 3. The van der Waals surface area contributed by atoms with Crippen molar-refractivity contribution in [2.75, 3.05) is 41.0 Å². The number of carbonyl (C=O) groups excluding carboxylic acids is 4. The zero-order valence-corrected chi connectivity index (χ0v) is 22.7. The first kappa shape index (κ1) is 29.3. The van der Waals surface area contributed by atoms with E-state index < -0.39 is 29.8 Å². The molecule has 210 valence electrons. The first-order chi connectivity index (χ1) is 18.7. The second-order valence-electron chi connectivity index (χ2n) is 9.13. The molecule has 0 aliphatic carbocycles. The standard InChI is InChI=1S/C28H36N4O7/c1-18-26(34)30-14-15-39-22-10-6-5-9-20(22)27(35)31-21(17-25(33)32(18)2)28(36)29-13-7-8-19-11-12-23(37-3)24(16-19)38-4/h5-6,9-12,16,18,21H,7-8,13-15,17H2,1-4H3,(H,29,36)(H,30,34)(H,31,35)/t18-,21-/m0/s1. The number of hydrogen-bond donors (Lipinski definition) is 3. The molecule has 4 amide bonds. The number of carbonyl (C=O) groups is 4. The maximum absolute atomic E-state index is 13.1. The number of amides is 4. The minimum absolute atomic E-state index is 0.129. The molecule has 2 atom stereocenters. The SMILES string of the molecule is COc1ccc(CCCNC(=O)[C@@H]2CC(=O)N(C)[C@@H](C)C(=O)NCCOc3ccccc3C(=O)N2)cc1OC. The van der Waals surface area contributed by atoms with E-state index in [0.717, 1.165) is 5.56 Å². The molecule has 11 nitrogen and oxygen atoms in total. The Morgan fingerprint density at radius 3 is 2.59 bits per heavy atom. The van der Waals surface area contributed by atoms with Crippen LogP contribution in [0.2, 0.25) is 0 Å². The third-order valence-corrected chi connectivity index (χ3v) is 6.53. The molecule has 1 aliphatic rings. The van der Waals surface area contributed by atoms with Gasteiger partial charge in [-0.05, 0) is 49.6 Å². The number of fused-ring (bicyclic) bond motifs is 1. The van der Waals surface area contributed by atoms with Gasteiger partial charge in [-0.25, -0.2) is 0 Å². The van der Waals surface area contributed by atoms with Crippen LogP contribution in [0.1, 0.15) is 35.7 Å². The summed E-state index contributed by atoms with van der Waals surface area (Å²) in [6.07, 6.45) is 0.963. The predicted molar refractivity (Wildman–Crippen MR) is 144 cm³/mol. The van der Waals surface area contributed by atoms with Gasteiger partial charge in [-0.3, -0.25) is 19.2 Å². The van der Waals surface area contributed by atoms with Crippen LogP contribution in [-0.2, 0) is 20.8 Å². The Morgan fingerprint density at radius 2 is 1.85 bits per heavy atom. The van der Waals surface area contributed by atoms with Crippen LogP contribution < -0.4 is 30.2 Å². The lowest BCUT2D eigenvalue weighted by Crippen LogP contribution is -2.52. The molecule has 2 aromatic rings. The molecule has 1 heterocycles. The molecule has 3 rings (SSSR count). The van der Waals surface area contributed by atoms with Gasteiger partial charge in [0.15, 0.2) is 11.5 Å². The Bertz CT molecular complexity index is 1190. The summed E-state index contributed by atoms with van der Waals surface area (Å²) in [4.78, 5) is 53.0. The molecule has 0 radical (unpaired) electrons. The fraction of sp³-hybridized carbons (Fsp3) is 0.429. The van der Waals surface area contributed by atoms with Crippen molar-refractivity contribution in [1.29, 1.82) is 0 Å². The van der Waals surface area contributed by atoms with Crippen molar-refractivity contribution in [3.8, 4) is 17.2 Å². The largest absolute Gasteiger partial charge is 0.493 e. The number of rotatable bonds is 7. The van der Waals surface area contributed by atoms with Gasteiger partial charge in [0.1, 0.15) is 24.4 Å². The van der Waals surface area contributed by atoms with Gasteiger partial charge in [-0.15, -0.1) is 0 Å². The quantitative estimate of drug-likeness (QED) is 0.451. The Kier molecular flexibility index (Phi) is 10.5. The predicted octanol–water partition coefficient (Wildman–Crippen LogP) is 1.30. The van der Waals surface area contributed by atoms with Gasteiger partial charge in [0.05, 0.1) is 32.7 Å². The number of para-hydroxylation sites is 1. The van der Waals surface area contributed by atoms with Gasteiger partial charge in [0.25, 0.3) is 5.91 Å². The molecule has 3 N–H and O–H groups in total. The van der Waals surface area contributed by atoms with Crippen molar-refractivity contribution in [3.05, 3.63) is 53.6 Å². The number of nitrogens with one attached hydrogen (secondary N) is 3. The zero-order chi connectivity index (χ0) is 28.4. The lowest BCUT2D eigenvalue weighted by molar-refractivity contribution is -0.139. The van der Waals surface area contributed by atoms with E-state index in [1.807, 2.05) is 18.2 Å². The molecule has 0 aromatic heterocycles. The molecule has 39 heavy (non-hydrogen) atoms. The fourth-order valence-electron chi connectivity index (χ4n) is 4.08. The van der Waals surface area contributed by atoms with Crippen LogP contribution in [0.3, 0.4) is 0 Å². The van der Waals surface area contributed by atoms with Crippen LogP contribution in [0, 0.1) is 0 Å². The molecule has 11 heteroatoms. The molecule has 0 spiro atoms. The lowest BCUT2D eigenvalue weighted by atomic mass is 10.1. The van der Waals surface area contributed by atoms with E-state index in [-0.39, 0.29) is 31.0 Å². The van der Waals surface area contributed by atoms with E-state index in [0.29, 0.717) is 36.6 Å². The lowest BCUT2D eigenvalue weighted by Gasteiger charge is -2.27. The first-order valence-electron chi connectivity index (χ1n) is 12.8. The van der Waals surface area contributed by atoms with Crippen molar-refractivity contribution in [1.82, 2.24) is 20.9 Å². The summed E-state index contributed by atoms with van der Waals surface area (Å²) in [7, 11) is 4.63. The topological polar surface area (TPSA) is 135 Å². The smallest absolute Gasteiger partial charge is 0.255 e. The molecular formula is C28H36N4O7. The van der Waals surface area contributed by atoms with E-state index in [9.17, 15) is 19.2 Å². The van der Waals surface area contributed by atoms with Crippen molar-refractivity contribution in [2.45, 2.75) is 38.3 Å². The monoisotopic (exact) mass is 540 g/mol. The Balaban J connectivity index is 1.71. The van der Waals surface area contributed by atoms with Crippen LogP contribution in [-0.4, -0.2) is 81.6 Å². The molecular weight excluding hydrogens is 504 g/mol. The Hall–Kier alpha value is -4.28. The van der Waals surface area contributed by atoms with Gasteiger partial charge in [0.2, 0.25) is 17.7 Å². The average Bonchev–Trinajstić information content (AvgIpc) is 2.95. The number of likely N-dealkylation sites (N-methyl/N-ethyl adjacent to an activating group) is 1. The van der Waals surface area contributed by atoms with E-state index in [1.165, 1.54) is 11.9 Å². The van der Waals surface area contributed by atoms with E-state index >= 15 is 0 Å². The normalized spacial score (nSPS) is 18.6. The zero-order valence-electron chi connectivity index (χ0n) is 22.7. The van der Waals surface area contributed by atoms with Gasteiger partial charge in [0, 0.05) is 13.6 Å². The minimum Gasteiger partial charge on any atom is -0.493 e. The third-order valence-electron chi connectivity index (χ3n) is 6.53. The van der Waals surface area contributed by atoms with Crippen LogP contribution in [0.25, 0.3) is 0 Å². The van der Waals surface area contributed by atoms with Gasteiger partial charge >= 0.3 is 0 Å². The van der Waals surface area contributed by atoms with Crippen LogP contribution in [0.5, 0.6) is 17.2 Å². The van der Waals surface area contributed by atoms with Crippen molar-refractivity contribution < 1.29 is 33.4 Å². The highest BCUT2D eigenvalue weighted by atomic mass is 16.5. The minimum atomic E-state index is -1.15. The maximum atomic E-state index is 13.1. The van der Waals surface area contributed by atoms with E-state index in [2.05, 4.69) is 16.0 Å². The third kappa shape index (κ3) is 7.86. The highest BCUT2D eigenvalue weighted by Crippen LogP contribution is 2.28. The summed E-state index contributed by atoms with van der Waals surface area (Å²) < 4.78 is 16.3. The highest BCUT2D eigenvalue weighted by Gasteiger charge is 2.30. The van der Waals surface area contributed by atoms with Crippen molar-refractivity contribution >= 4 is 23.6 Å². The second-order valence-corrected chi connectivity index (χ2v) is 9.13. The average molecular weight is 541 g/mol. The summed E-state index contributed by atoms with van der Waals surface area (Å²) in [5, 5.41) is 8.22. The highest BCUT2D eigenvalue weighted by molar-refractivity contribution is 6.01. The van der Waals surface area contributed by atoms with Crippen LogP contribution >= 0.6 is 0 Å². The van der Waals surface area contributed by atoms with E-state index in [1.54, 1.807) is 45.4 Å². The molecule has 0 saturated heterocycles. The summed E-state index contributed by atoms with van der Waals surface area (Å²) in [6, 6.07) is 10.3. The van der Waals surface area contributed by atoms with Crippen molar-refractivity contribution in [3.63, 3.8) is 0 Å². The number of nitrogens with zero attached hydrogens (tertiary/aromatic N) is 1. The summed E-state index contributed by atoms with van der Waals surface area (Å²) >= 11 is 0. The molecule has 0 bridgehead atoms. The molecule has 1 aliphatic heterocycles. The fourth-order valence-corrected chi connectivity index (χ4v) is 4.08. The van der Waals surface area contributed by atoms with E-state index in [4.69, 9.17) is 14.2 Å². The first-order valence-corrected chi connectivity index (χ1v) is 12.8. The summed E-state index contributed by atoms with van der Waals surface area (Å²) in [5.41, 5.74) is 1.23. The summed E-state index contributed by atoms with van der Waals surface area (Å²) in [5.74, 6) is -0.276. The number of methoxy groups -OCH3 is 2. The Morgan fingerprint density at radius 1 is 1.10 bits per heavy atom. The van der Waals surface area contributed by atoms with Gasteiger partial charge in [-0.1, -0.05) is 18.2 Å². The maximum Gasteiger partial charge on any atom is 0.255 e. The van der Waals surface area contributed by atoms with Gasteiger partial charge in [-0.2, -0.15) is 0 Å². The van der Waals surface area contributed by atoms with Crippen LogP contribution in [0.4, 0.5) is 0 Å². The van der Waals surface area contributed by atoms with Crippen LogP contribution in [0.15, 0.2) is 42.5 Å². The molecule has 0 fully saturated rings. The number of benzene rings is 2. The second kappa shape index (κ2) is 14.0.